The second kappa shape index (κ2) is 4.54. The SMILES string of the molecule is Cc1ccc(F)cc1CC1CCC(N)C1C. The fraction of sp³-hybridized carbons (Fsp3) is 0.571. The standard InChI is InChI=1S/C14H20FN/c1-9-3-5-13(15)8-12(9)7-11-4-6-14(16)10(11)2/h3,5,8,10-11,14H,4,6-7,16H2,1-2H3. The van der Waals surface area contributed by atoms with E-state index in [-0.39, 0.29) is 5.82 Å². The summed E-state index contributed by atoms with van der Waals surface area (Å²) in [6.45, 7) is 4.27. The molecule has 0 heterocycles. The van der Waals surface area contributed by atoms with Gasteiger partial charge in [-0.1, -0.05) is 13.0 Å². The zero-order chi connectivity index (χ0) is 11.7. The molecule has 1 nitrogen and oxygen atoms in total. The smallest absolute Gasteiger partial charge is 0.123 e. The highest BCUT2D eigenvalue weighted by Gasteiger charge is 2.30. The predicted molar refractivity (Wildman–Crippen MR) is 64.7 cm³/mol. The van der Waals surface area contributed by atoms with Gasteiger partial charge in [-0.25, -0.2) is 4.39 Å². The zero-order valence-corrected chi connectivity index (χ0v) is 10.0. The Morgan fingerprint density at radius 1 is 1.38 bits per heavy atom. The molecule has 3 atom stereocenters. The summed E-state index contributed by atoms with van der Waals surface area (Å²) < 4.78 is 13.2. The first-order chi connectivity index (χ1) is 7.58. The molecule has 0 bridgehead atoms. The molecule has 3 unspecified atom stereocenters. The first-order valence-corrected chi connectivity index (χ1v) is 6.08. The quantitative estimate of drug-likeness (QED) is 0.816. The Kier molecular flexibility index (Phi) is 3.29. The van der Waals surface area contributed by atoms with Crippen LogP contribution in [-0.2, 0) is 6.42 Å². The van der Waals surface area contributed by atoms with Gasteiger partial charge in [0.1, 0.15) is 5.82 Å². The Morgan fingerprint density at radius 2 is 2.12 bits per heavy atom. The van der Waals surface area contributed by atoms with Crippen LogP contribution in [0.15, 0.2) is 18.2 Å². The summed E-state index contributed by atoms with van der Waals surface area (Å²) in [5.74, 6) is 1.05. The van der Waals surface area contributed by atoms with Gasteiger partial charge in [-0.3, -0.25) is 0 Å². The molecule has 1 aliphatic rings. The van der Waals surface area contributed by atoms with Gasteiger partial charge in [0.15, 0.2) is 0 Å². The summed E-state index contributed by atoms with van der Waals surface area (Å²) in [6, 6.07) is 5.40. The van der Waals surface area contributed by atoms with Crippen LogP contribution < -0.4 is 5.73 Å². The third-order valence-corrected chi connectivity index (χ3v) is 4.08. The van der Waals surface area contributed by atoms with E-state index in [1.165, 1.54) is 18.1 Å². The Balaban J connectivity index is 2.12. The maximum absolute atomic E-state index is 13.2. The number of hydrogen-bond acceptors (Lipinski definition) is 1. The van der Waals surface area contributed by atoms with Crippen molar-refractivity contribution in [2.24, 2.45) is 17.6 Å². The normalized spacial score (nSPS) is 29.6. The lowest BCUT2D eigenvalue weighted by atomic mass is 9.88. The number of nitrogens with two attached hydrogens (primary N) is 1. The van der Waals surface area contributed by atoms with Crippen LogP contribution in [0.3, 0.4) is 0 Å². The summed E-state index contributed by atoms with van der Waals surface area (Å²) >= 11 is 0. The van der Waals surface area contributed by atoms with Gasteiger partial charge < -0.3 is 5.73 Å². The van der Waals surface area contributed by atoms with Gasteiger partial charge in [-0.15, -0.1) is 0 Å². The molecule has 2 rings (SSSR count). The lowest BCUT2D eigenvalue weighted by molar-refractivity contribution is 0.389. The van der Waals surface area contributed by atoms with E-state index in [9.17, 15) is 4.39 Å². The molecule has 1 fully saturated rings. The molecule has 1 aliphatic carbocycles. The van der Waals surface area contributed by atoms with Gasteiger partial charge in [0.2, 0.25) is 0 Å². The molecule has 0 spiro atoms. The average Bonchev–Trinajstić information content (AvgIpc) is 2.55. The van der Waals surface area contributed by atoms with Crippen LogP contribution in [0.4, 0.5) is 4.39 Å². The van der Waals surface area contributed by atoms with Crippen molar-refractivity contribution < 1.29 is 4.39 Å². The van der Waals surface area contributed by atoms with Crippen LogP contribution >= 0.6 is 0 Å². The van der Waals surface area contributed by atoms with Gasteiger partial charge >= 0.3 is 0 Å². The minimum absolute atomic E-state index is 0.129. The van der Waals surface area contributed by atoms with Crippen LogP contribution in [0.25, 0.3) is 0 Å². The molecular weight excluding hydrogens is 201 g/mol. The molecule has 1 aromatic carbocycles. The van der Waals surface area contributed by atoms with Crippen LogP contribution in [0.5, 0.6) is 0 Å². The summed E-state index contributed by atoms with van der Waals surface area (Å²) in [5.41, 5.74) is 8.35. The molecule has 0 amide bonds. The second-order valence-electron chi connectivity index (χ2n) is 5.14. The summed E-state index contributed by atoms with van der Waals surface area (Å²) in [4.78, 5) is 0. The van der Waals surface area contributed by atoms with Crippen molar-refractivity contribution in [3.8, 4) is 0 Å². The first kappa shape index (κ1) is 11.6. The van der Waals surface area contributed by atoms with Gasteiger partial charge in [0.25, 0.3) is 0 Å². The van der Waals surface area contributed by atoms with Crippen molar-refractivity contribution in [1.29, 1.82) is 0 Å². The van der Waals surface area contributed by atoms with Crippen molar-refractivity contribution in [2.45, 2.75) is 39.2 Å². The summed E-state index contributed by atoms with van der Waals surface area (Å²) in [6.07, 6.45) is 3.26. The number of halogens is 1. The molecule has 2 N–H and O–H groups in total. The van der Waals surface area contributed by atoms with E-state index >= 15 is 0 Å². The maximum Gasteiger partial charge on any atom is 0.123 e. The van der Waals surface area contributed by atoms with E-state index in [4.69, 9.17) is 5.73 Å². The molecule has 1 saturated carbocycles. The highest BCUT2D eigenvalue weighted by Crippen LogP contribution is 2.33. The highest BCUT2D eigenvalue weighted by molar-refractivity contribution is 5.27. The molecule has 88 valence electrons. The van der Waals surface area contributed by atoms with Crippen molar-refractivity contribution in [1.82, 2.24) is 0 Å². The zero-order valence-electron chi connectivity index (χ0n) is 10.0. The monoisotopic (exact) mass is 221 g/mol. The predicted octanol–water partition coefficient (Wildman–Crippen LogP) is 3.05. The second-order valence-corrected chi connectivity index (χ2v) is 5.14. The average molecular weight is 221 g/mol. The van der Waals surface area contributed by atoms with Crippen LogP contribution in [-0.4, -0.2) is 6.04 Å². The summed E-state index contributed by atoms with van der Waals surface area (Å²) in [5, 5.41) is 0. The van der Waals surface area contributed by atoms with E-state index in [2.05, 4.69) is 6.92 Å². The van der Waals surface area contributed by atoms with Gasteiger partial charge in [-0.2, -0.15) is 0 Å². The molecule has 2 heteroatoms. The fourth-order valence-corrected chi connectivity index (χ4v) is 2.71. The Labute approximate surface area is 96.9 Å². The minimum atomic E-state index is -0.129. The van der Waals surface area contributed by atoms with Crippen LogP contribution in [0.1, 0.15) is 30.9 Å². The van der Waals surface area contributed by atoms with Crippen LogP contribution in [0.2, 0.25) is 0 Å². The lowest BCUT2D eigenvalue weighted by Crippen LogP contribution is -2.25. The van der Waals surface area contributed by atoms with E-state index < -0.39 is 0 Å². The number of benzene rings is 1. The van der Waals surface area contributed by atoms with E-state index in [0.29, 0.717) is 17.9 Å². The molecule has 16 heavy (non-hydrogen) atoms. The first-order valence-electron chi connectivity index (χ1n) is 6.08. The topological polar surface area (TPSA) is 26.0 Å². The fourth-order valence-electron chi connectivity index (χ4n) is 2.71. The number of hydrogen-bond donors (Lipinski definition) is 1. The Hall–Kier alpha value is -0.890. The van der Waals surface area contributed by atoms with E-state index in [1.807, 2.05) is 13.0 Å². The van der Waals surface area contributed by atoms with Crippen molar-refractivity contribution in [2.75, 3.05) is 0 Å². The lowest BCUT2D eigenvalue weighted by Gasteiger charge is -2.19. The van der Waals surface area contributed by atoms with Crippen molar-refractivity contribution in [3.05, 3.63) is 35.1 Å². The summed E-state index contributed by atoms with van der Waals surface area (Å²) in [7, 11) is 0. The molecule has 0 radical (unpaired) electrons. The molecule has 1 aromatic rings. The Morgan fingerprint density at radius 3 is 2.75 bits per heavy atom. The third-order valence-electron chi connectivity index (χ3n) is 4.08. The van der Waals surface area contributed by atoms with Crippen molar-refractivity contribution in [3.63, 3.8) is 0 Å². The molecule has 0 saturated heterocycles. The molecule has 0 aliphatic heterocycles. The molecule has 0 aromatic heterocycles. The maximum atomic E-state index is 13.2. The van der Waals surface area contributed by atoms with E-state index in [0.717, 1.165) is 18.4 Å². The van der Waals surface area contributed by atoms with Gasteiger partial charge in [0.05, 0.1) is 0 Å². The van der Waals surface area contributed by atoms with Crippen molar-refractivity contribution >= 4 is 0 Å². The third kappa shape index (κ3) is 2.27. The van der Waals surface area contributed by atoms with E-state index in [1.54, 1.807) is 6.07 Å². The van der Waals surface area contributed by atoms with Crippen LogP contribution in [0, 0.1) is 24.6 Å². The van der Waals surface area contributed by atoms with Gasteiger partial charge in [0, 0.05) is 6.04 Å². The highest BCUT2D eigenvalue weighted by atomic mass is 19.1. The molecular formula is C14H20FN. The van der Waals surface area contributed by atoms with Gasteiger partial charge in [-0.05, 0) is 61.3 Å². The number of rotatable bonds is 2. The number of aryl methyl sites for hydroxylation is 1. The largest absolute Gasteiger partial charge is 0.327 e. The Bertz CT molecular complexity index is 375. The minimum Gasteiger partial charge on any atom is -0.327 e.